The number of para-hydroxylation sites is 1. The number of methoxy groups -OCH3 is 1. The number of ether oxygens (including phenoxy) is 1. The Bertz CT molecular complexity index is 533. The van der Waals surface area contributed by atoms with Crippen molar-refractivity contribution >= 4 is 0 Å². The Morgan fingerprint density at radius 3 is 2.80 bits per heavy atom. The van der Waals surface area contributed by atoms with E-state index in [2.05, 4.69) is 48.3 Å². The van der Waals surface area contributed by atoms with E-state index in [0.717, 1.165) is 18.8 Å². The summed E-state index contributed by atoms with van der Waals surface area (Å²) in [7, 11) is 1.72. The summed E-state index contributed by atoms with van der Waals surface area (Å²) in [6.45, 7) is 6.32. The molecule has 0 bridgehead atoms. The summed E-state index contributed by atoms with van der Waals surface area (Å²) in [4.78, 5) is 0. The molecule has 2 rings (SSSR count). The van der Waals surface area contributed by atoms with Gasteiger partial charge in [0.15, 0.2) is 0 Å². The normalized spacial score (nSPS) is 12.3. The highest BCUT2D eigenvalue weighted by atomic mass is 16.5. The van der Waals surface area contributed by atoms with Gasteiger partial charge in [-0.3, -0.25) is 0 Å². The topological polar surface area (TPSA) is 26.2 Å². The number of rotatable bonds is 7. The fraction of sp³-hybridized carbons (Fsp3) is 0.412. The molecule has 1 atom stereocenters. The zero-order valence-electron chi connectivity index (χ0n) is 12.6. The molecule has 0 aliphatic carbocycles. The molecule has 0 unspecified atom stereocenters. The van der Waals surface area contributed by atoms with Crippen LogP contribution in [0.25, 0.3) is 0 Å². The van der Waals surface area contributed by atoms with Crippen LogP contribution in [-0.2, 0) is 13.1 Å². The van der Waals surface area contributed by atoms with Crippen molar-refractivity contribution in [3.63, 3.8) is 0 Å². The lowest BCUT2D eigenvalue weighted by Gasteiger charge is -2.16. The maximum atomic E-state index is 5.41. The summed E-state index contributed by atoms with van der Waals surface area (Å²) >= 11 is 0. The highest BCUT2D eigenvalue weighted by Crippen LogP contribution is 2.24. The highest BCUT2D eigenvalue weighted by molar-refractivity contribution is 5.35. The second-order valence-corrected chi connectivity index (χ2v) is 5.10. The SMILES string of the molecule is CCCn1ccc(CN[C@H](C)c2ccccc2OC)c1. The third-order valence-corrected chi connectivity index (χ3v) is 3.51. The first kappa shape index (κ1) is 14.7. The van der Waals surface area contributed by atoms with Gasteiger partial charge in [-0.1, -0.05) is 25.1 Å². The van der Waals surface area contributed by atoms with Crippen LogP contribution < -0.4 is 10.1 Å². The first-order chi connectivity index (χ1) is 9.74. The van der Waals surface area contributed by atoms with Crippen LogP contribution in [0.3, 0.4) is 0 Å². The van der Waals surface area contributed by atoms with Gasteiger partial charge in [0.1, 0.15) is 5.75 Å². The summed E-state index contributed by atoms with van der Waals surface area (Å²) < 4.78 is 7.65. The van der Waals surface area contributed by atoms with E-state index in [1.807, 2.05) is 18.2 Å². The molecule has 1 heterocycles. The quantitative estimate of drug-likeness (QED) is 0.830. The van der Waals surface area contributed by atoms with Gasteiger partial charge in [-0.15, -0.1) is 0 Å². The van der Waals surface area contributed by atoms with Gasteiger partial charge in [0.25, 0.3) is 0 Å². The van der Waals surface area contributed by atoms with Crippen LogP contribution in [0.2, 0.25) is 0 Å². The Balaban J connectivity index is 1.95. The number of aromatic nitrogens is 1. The molecule has 0 spiro atoms. The summed E-state index contributed by atoms with van der Waals surface area (Å²) in [6, 6.07) is 10.6. The Kier molecular flexibility index (Phi) is 5.24. The molecule has 1 aromatic heterocycles. The van der Waals surface area contributed by atoms with Crippen molar-refractivity contribution in [2.24, 2.45) is 0 Å². The molecular formula is C17H24N2O. The maximum absolute atomic E-state index is 5.41. The van der Waals surface area contributed by atoms with E-state index in [9.17, 15) is 0 Å². The molecule has 1 N–H and O–H groups in total. The van der Waals surface area contributed by atoms with Crippen LogP contribution in [0.15, 0.2) is 42.7 Å². The van der Waals surface area contributed by atoms with Crippen LogP contribution in [0.4, 0.5) is 0 Å². The van der Waals surface area contributed by atoms with E-state index in [0.29, 0.717) is 0 Å². The molecule has 0 aliphatic rings. The minimum Gasteiger partial charge on any atom is -0.496 e. The lowest BCUT2D eigenvalue weighted by molar-refractivity contribution is 0.401. The first-order valence-corrected chi connectivity index (χ1v) is 7.25. The van der Waals surface area contributed by atoms with Gasteiger partial charge >= 0.3 is 0 Å². The predicted molar refractivity (Wildman–Crippen MR) is 83.0 cm³/mol. The molecule has 108 valence electrons. The van der Waals surface area contributed by atoms with Crippen molar-refractivity contribution in [2.45, 2.75) is 39.4 Å². The highest BCUT2D eigenvalue weighted by Gasteiger charge is 2.10. The number of hydrogen-bond donors (Lipinski definition) is 1. The number of nitrogens with one attached hydrogen (secondary N) is 1. The maximum Gasteiger partial charge on any atom is 0.123 e. The molecular weight excluding hydrogens is 248 g/mol. The van der Waals surface area contributed by atoms with Gasteiger partial charge in [-0.25, -0.2) is 0 Å². The second kappa shape index (κ2) is 7.15. The van der Waals surface area contributed by atoms with Crippen molar-refractivity contribution in [3.8, 4) is 5.75 Å². The van der Waals surface area contributed by atoms with Crippen LogP contribution >= 0.6 is 0 Å². The van der Waals surface area contributed by atoms with E-state index in [1.54, 1.807) is 7.11 Å². The average molecular weight is 272 g/mol. The van der Waals surface area contributed by atoms with Crippen molar-refractivity contribution in [1.82, 2.24) is 9.88 Å². The third kappa shape index (κ3) is 3.64. The van der Waals surface area contributed by atoms with Gasteiger partial charge in [0.2, 0.25) is 0 Å². The molecule has 1 aromatic carbocycles. The monoisotopic (exact) mass is 272 g/mol. The minimum atomic E-state index is 0.265. The molecule has 0 saturated carbocycles. The van der Waals surface area contributed by atoms with Crippen molar-refractivity contribution in [3.05, 3.63) is 53.9 Å². The number of nitrogens with zero attached hydrogens (tertiary/aromatic N) is 1. The van der Waals surface area contributed by atoms with Crippen LogP contribution in [-0.4, -0.2) is 11.7 Å². The largest absolute Gasteiger partial charge is 0.496 e. The standard InChI is InChI=1S/C17H24N2O/c1-4-10-19-11-9-15(13-19)12-18-14(2)16-7-5-6-8-17(16)20-3/h5-9,11,13-14,18H,4,10,12H2,1-3H3/t14-/m1/s1. The van der Waals surface area contributed by atoms with Crippen LogP contribution in [0.1, 0.15) is 37.4 Å². The van der Waals surface area contributed by atoms with Crippen LogP contribution in [0, 0.1) is 0 Å². The number of aryl methyl sites for hydroxylation is 1. The van der Waals surface area contributed by atoms with Gasteiger partial charge < -0.3 is 14.6 Å². The zero-order valence-corrected chi connectivity index (χ0v) is 12.6. The van der Waals surface area contributed by atoms with E-state index in [-0.39, 0.29) is 6.04 Å². The Morgan fingerprint density at radius 1 is 1.25 bits per heavy atom. The molecule has 0 saturated heterocycles. The minimum absolute atomic E-state index is 0.265. The number of hydrogen-bond acceptors (Lipinski definition) is 2. The molecule has 3 heteroatoms. The summed E-state index contributed by atoms with van der Waals surface area (Å²) in [5.74, 6) is 0.941. The van der Waals surface area contributed by atoms with Crippen molar-refractivity contribution < 1.29 is 4.74 Å². The zero-order chi connectivity index (χ0) is 14.4. The summed E-state index contributed by atoms with van der Waals surface area (Å²) in [5, 5.41) is 3.55. The molecule has 0 aliphatic heterocycles. The van der Waals surface area contributed by atoms with Gasteiger partial charge in [-0.05, 0) is 31.0 Å². The second-order valence-electron chi connectivity index (χ2n) is 5.10. The summed E-state index contributed by atoms with van der Waals surface area (Å²) in [5.41, 5.74) is 2.52. The lowest BCUT2D eigenvalue weighted by Crippen LogP contribution is -2.18. The lowest BCUT2D eigenvalue weighted by atomic mass is 10.1. The van der Waals surface area contributed by atoms with Gasteiger partial charge in [0, 0.05) is 37.1 Å². The molecule has 20 heavy (non-hydrogen) atoms. The Labute approximate surface area is 121 Å². The van der Waals surface area contributed by atoms with E-state index in [4.69, 9.17) is 4.74 Å². The van der Waals surface area contributed by atoms with Crippen LogP contribution in [0.5, 0.6) is 5.75 Å². The Morgan fingerprint density at radius 2 is 2.05 bits per heavy atom. The Hall–Kier alpha value is -1.74. The predicted octanol–water partition coefficient (Wildman–Crippen LogP) is 3.76. The van der Waals surface area contributed by atoms with E-state index in [1.165, 1.54) is 17.5 Å². The van der Waals surface area contributed by atoms with E-state index >= 15 is 0 Å². The molecule has 3 nitrogen and oxygen atoms in total. The fourth-order valence-corrected chi connectivity index (χ4v) is 2.40. The van der Waals surface area contributed by atoms with Gasteiger partial charge in [0.05, 0.1) is 7.11 Å². The van der Waals surface area contributed by atoms with E-state index < -0.39 is 0 Å². The number of benzene rings is 1. The van der Waals surface area contributed by atoms with Gasteiger partial charge in [-0.2, -0.15) is 0 Å². The average Bonchev–Trinajstić information content (AvgIpc) is 2.93. The fourth-order valence-electron chi connectivity index (χ4n) is 2.40. The smallest absolute Gasteiger partial charge is 0.123 e. The van der Waals surface area contributed by atoms with Crippen molar-refractivity contribution in [2.75, 3.05) is 7.11 Å². The molecule has 0 amide bonds. The molecule has 2 aromatic rings. The molecule has 0 radical (unpaired) electrons. The summed E-state index contributed by atoms with van der Waals surface area (Å²) in [6.07, 6.45) is 5.53. The van der Waals surface area contributed by atoms with Crippen molar-refractivity contribution in [1.29, 1.82) is 0 Å². The third-order valence-electron chi connectivity index (χ3n) is 3.51. The molecule has 0 fully saturated rings. The first-order valence-electron chi connectivity index (χ1n) is 7.25.